The molecule has 2 aromatic rings. The van der Waals surface area contributed by atoms with Crippen LogP contribution in [0.25, 0.3) is 5.69 Å². The Morgan fingerprint density at radius 3 is 2.60 bits per heavy atom. The van der Waals surface area contributed by atoms with Crippen molar-refractivity contribution in [3.05, 3.63) is 36.7 Å². The van der Waals surface area contributed by atoms with Crippen molar-refractivity contribution in [3.8, 4) is 11.4 Å². The van der Waals surface area contributed by atoms with E-state index in [9.17, 15) is 0 Å². The van der Waals surface area contributed by atoms with Crippen molar-refractivity contribution in [2.24, 2.45) is 0 Å². The number of aromatic nitrogens is 2. The number of nitrogens with zero attached hydrogens (tertiary/aromatic N) is 2. The largest absolute Gasteiger partial charge is 0.494 e. The average Bonchev–Trinajstić information content (AvgIpc) is 2.66. The van der Waals surface area contributed by atoms with Gasteiger partial charge in [-0.3, -0.25) is 4.57 Å². The van der Waals surface area contributed by atoms with Crippen LogP contribution in [0, 0.1) is 0 Å². The van der Waals surface area contributed by atoms with Crippen LogP contribution in [-0.2, 0) is 0 Å². The van der Waals surface area contributed by atoms with Crippen LogP contribution in [0.4, 0.5) is 5.95 Å². The van der Waals surface area contributed by atoms with Gasteiger partial charge >= 0.3 is 0 Å². The van der Waals surface area contributed by atoms with E-state index >= 15 is 0 Å². The third-order valence-corrected chi connectivity index (χ3v) is 2.10. The summed E-state index contributed by atoms with van der Waals surface area (Å²) in [4.78, 5) is 3.96. The van der Waals surface area contributed by atoms with Crippen LogP contribution in [-0.4, -0.2) is 16.2 Å². The number of ether oxygens (including phenoxy) is 1. The van der Waals surface area contributed by atoms with E-state index < -0.39 is 0 Å². The predicted molar refractivity (Wildman–Crippen MR) is 59.1 cm³/mol. The molecule has 0 radical (unpaired) electrons. The molecule has 0 fully saturated rings. The van der Waals surface area contributed by atoms with Gasteiger partial charge in [0.1, 0.15) is 5.75 Å². The van der Waals surface area contributed by atoms with Crippen molar-refractivity contribution in [1.29, 1.82) is 0 Å². The minimum atomic E-state index is 0.485. The minimum absolute atomic E-state index is 0.485. The van der Waals surface area contributed by atoms with Gasteiger partial charge in [-0.2, -0.15) is 0 Å². The number of imidazole rings is 1. The molecule has 2 rings (SSSR count). The van der Waals surface area contributed by atoms with Gasteiger partial charge in [0.2, 0.25) is 5.95 Å². The summed E-state index contributed by atoms with van der Waals surface area (Å²) in [6.07, 6.45) is 3.50. The molecule has 0 atom stereocenters. The summed E-state index contributed by atoms with van der Waals surface area (Å²) < 4.78 is 7.17. The fraction of sp³-hybridized carbons (Fsp3) is 0.182. The summed E-state index contributed by atoms with van der Waals surface area (Å²) in [7, 11) is 0. The summed E-state index contributed by atoms with van der Waals surface area (Å²) in [5, 5.41) is 0. The number of hydrogen-bond donors (Lipinski definition) is 1. The third-order valence-electron chi connectivity index (χ3n) is 2.10. The van der Waals surface area contributed by atoms with Gasteiger partial charge in [0.15, 0.2) is 0 Å². The maximum atomic E-state index is 5.69. The lowest BCUT2D eigenvalue weighted by molar-refractivity contribution is 0.340. The molecule has 4 nitrogen and oxygen atoms in total. The van der Waals surface area contributed by atoms with Gasteiger partial charge in [0, 0.05) is 18.1 Å². The van der Waals surface area contributed by atoms with Crippen LogP contribution in [0.15, 0.2) is 36.7 Å². The highest BCUT2D eigenvalue weighted by Gasteiger charge is 2.00. The zero-order valence-electron chi connectivity index (χ0n) is 8.55. The predicted octanol–water partition coefficient (Wildman–Crippen LogP) is 1.85. The van der Waals surface area contributed by atoms with E-state index in [1.807, 2.05) is 42.0 Å². The van der Waals surface area contributed by atoms with Gasteiger partial charge in [-0.1, -0.05) is 0 Å². The van der Waals surface area contributed by atoms with Crippen molar-refractivity contribution in [2.75, 3.05) is 12.3 Å². The standard InChI is InChI=1S/C11H13N3O/c1-2-15-10-5-3-9(4-6-10)14-8-7-13-11(14)12/h3-8H,2H2,1H3,(H2,12,13). The minimum Gasteiger partial charge on any atom is -0.494 e. The molecule has 0 saturated heterocycles. The Labute approximate surface area is 88.3 Å². The molecule has 15 heavy (non-hydrogen) atoms. The normalized spacial score (nSPS) is 10.2. The van der Waals surface area contributed by atoms with Gasteiger partial charge in [-0.05, 0) is 31.2 Å². The SMILES string of the molecule is CCOc1ccc(-n2ccnc2N)cc1. The fourth-order valence-electron chi connectivity index (χ4n) is 1.40. The van der Waals surface area contributed by atoms with Crippen molar-refractivity contribution in [3.63, 3.8) is 0 Å². The first kappa shape index (κ1) is 9.58. The molecule has 0 aliphatic carbocycles. The molecule has 1 aromatic heterocycles. The molecule has 0 aliphatic heterocycles. The van der Waals surface area contributed by atoms with Crippen molar-refractivity contribution >= 4 is 5.95 Å². The number of benzene rings is 1. The van der Waals surface area contributed by atoms with E-state index in [-0.39, 0.29) is 0 Å². The molecule has 0 saturated carbocycles. The first-order valence-corrected chi connectivity index (χ1v) is 4.83. The Balaban J connectivity index is 2.28. The fourth-order valence-corrected chi connectivity index (χ4v) is 1.40. The Bertz CT molecular complexity index is 433. The summed E-state index contributed by atoms with van der Waals surface area (Å²) in [5.74, 6) is 1.35. The molecule has 1 heterocycles. The molecule has 0 spiro atoms. The lowest BCUT2D eigenvalue weighted by Crippen LogP contribution is -1.99. The van der Waals surface area contributed by atoms with Gasteiger partial charge in [0.05, 0.1) is 6.61 Å². The maximum absolute atomic E-state index is 5.69. The Morgan fingerprint density at radius 2 is 2.07 bits per heavy atom. The monoisotopic (exact) mass is 203 g/mol. The van der Waals surface area contributed by atoms with E-state index in [2.05, 4.69) is 4.98 Å². The summed E-state index contributed by atoms with van der Waals surface area (Å²) in [6, 6.07) is 7.72. The smallest absolute Gasteiger partial charge is 0.204 e. The molecular weight excluding hydrogens is 190 g/mol. The van der Waals surface area contributed by atoms with Crippen molar-refractivity contribution in [2.45, 2.75) is 6.92 Å². The number of rotatable bonds is 3. The Morgan fingerprint density at radius 1 is 1.33 bits per heavy atom. The molecular formula is C11H13N3O. The summed E-state index contributed by atoms with van der Waals surface area (Å²) >= 11 is 0. The summed E-state index contributed by atoms with van der Waals surface area (Å²) in [6.45, 7) is 2.63. The highest BCUT2D eigenvalue weighted by atomic mass is 16.5. The molecule has 0 amide bonds. The van der Waals surface area contributed by atoms with Gasteiger partial charge < -0.3 is 10.5 Å². The van der Waals surface area contributed by atoms with Crippen LogP contribution in [0.2, 0.25) is 0 Å². The molecule has 1 aromatic carbocycles. The average molecular weight is 203 g/mol. The number of nitrogen functional groups attached to an aromatic ring is 1. The zero-order chi connectivity index (χ0) is 10.7. The van der Waals surface area contributed by atoms with Crippen LogP contribution < -0.4 is 10.5 Å². The highest BCUT2D eigenvalue weighted by Crippen LogP contribution is 2.16. The lowest BCUT2D eigenvalue weighted by Gasteiger charge is -2.06. The second kappa shape index (κ2) is 4.04. The molecule has 78 valence electrons. The van der Waals surface area contributed by atoms with Crippen LogP contribution in [0.5, 0.6) is 5.75 Å². The van der Waals surface area contributed by atoms with E-state index in [0.29, 0.717) is 12.6 Å². The van der Waals surface area contributed by atoms with Crippen LogP contribution in [0.3, 0.4) is 0 Å². The first-order chi connectivity index (χ1) is 7.31. The quantitative estimate of drug-likeness (QED) is 0.828. The Hall–Kier alpha value is -1.97. The van der Waals surface area contributed by atoms with Gasteiger partial charge in [-0.25, -0.2) is 4.98 Å². The lowest BCUT2D eigenvalue weighted by atomic mass is 10.3. The second-order valence-corrected chi connectivity index (χ2v) is 3.08. The first-order valence-electron chi connectivity index (χ1n) is 4.83. The van der Waals surface area contributed by atoms with Crippen molar-refractivity contribution in [1.82, 2.24) is 9.55 Å². The zero-order valence-corrected chi connectivity index (χ0v) is 8.55. The molecule has 4 heteroatoms. The van der Waals surface area contributed by atoms with E-state index in [4.69, 9.17) is 10.5 Å². The van der Waals surface area contributed by atoms with Gasteiger partial charge in [-0.15, -0.1) is 0 Å². The topological polar surface area (TPSA) is 53.1 Å². The molecule has 0 aliphatic rings. The van der Waals surface area contributed by atoms with E-state index in [0.717, 1.165) is 11.4 Å². The van der Waals surface area contributed by atoms with Crippen LogP contribution in [0.1, 0.15) is 6.92 Å². The number of anilines is 1. The molecule has 2 N–H and O–H groups in total. The number of hydrogen-bond acceptors (Lipinski definition) is 3. The summed E-state index contributed by atoms with van der Waals surface area (Å²) in [5.41, 5.74) is 6.67. The molecule has 0 bridgehead atoms. The third kappa shape index (κ3) is 1.93. The van der Waals surface area contributed by atoms with Crippen molar-refractivity contribution < 1.29 is 4.74 Å². The molecule has 0 unspecified atom stereocenters. The van der Waals surface area contributed by atoms with E-state index in [1.165, 1.54) is 0 Å². The van der Waals surface area contributed by atoms with Crippen LogP contribution >= 0.6 is 0 Å². The second-order valence-electron chi connectivity index (χ2n) is 3.08. The van der Waals surface area contributed by atoms with E-state index in [1.54, 1.807) is 6.20 Å². The maximum Gasteiger partial charge on any atom is 0.204 e. The highest BCUT2D eigenvalue weighted by molar-refractivity contribution is 5.42. The Kier molecular flexibility index (Phi) is 2.58. The van der Waals surface area contributed by atoms with Gasteiger partial charge in [0.25, 0.3) is 0 Å². The number of nitrogens with two attached hydrogens (primary N) is 1.